The number of aryl methyl sites for hydroxylation is 1. The van der Waals surface area contributed by atoms with Gasteiger partial charge in [-0.05, 0) is 31.9 Å². The molecule has 0 radical (unpaired) electrons. The highest BCUT2D eigenvalue weighted by atomic mass is 127. The summed E-state index contributed by atoms with van der Waals surface area (Å²) in [5, 5.41) is 9.24. The summed E-state index contributed by atoms with van der Waals surface area (Å²) in [5.74, 6) is 0.507. The molecular weight excluding hydrogens is 419 g/mol. The molecule has 6 nitrogen and oxygen atoms in total. The molecule has 0 aliphatic rings. The van der Waals surface area contributed by atoms with E-state index in [4.69, 9.17) is 4.74 Å². The van der Waals surface area contributed by atoms with Gasteiger partial charge in [0, 0.05) is 20.2 Å². The van der Waals surface area contributed by atoms with Gasteiger partial charge in [0.25, 0.3) is 0 Å². The Morgan fingerprint density at radius 3 is 2.62 bits per heavy atom. The minimum Gasteiger partial charge on any atom is -0.383 e. The maximum absolute atomic E-state index is 11.7. The zero-order chi connectivity index (χ0) is 17.1. The Morgan fingerprint density at radius 1 is 1.29 bits per heavy atom. The molecule has 1 rings (SSSR count). The third kappa shape index (κ3) is 8.49. The van der Waals surface area contributed by atoms with Gasteiger partial charge in [-0.15, -0.1) is 24.0 Å². The summed E-state index contributed by atoms with van der Waals surface area (Å²) in [5.41, 5.74) is 2.43. The van der Waals surface area contributed by atoms with Gasteiger partial charge in [-0.1, -0.05) is 24.3 Å². The minimum atomic E-state index is -0.122. The molecule has 0 aromatic heterocycles. The molecule has 0 aliphatic carbocycles. The van der Waals surface area contributed by atoms with Gasteiger partial charge in [-0.2, -0.15) is 0 Å². The quantitative estimate of drug-likeness (QED) is 0.246. The van der Waals surface area contributed by atoms with Gasteiger partial charge in [-0.25, -0.2) is 4.99 Å². The molecule has 0 saturated heterocycles. The van der Waals surface area contributed by atoms with Crippen LogP contribution in [0.2, 0.25) is 0 Å². The number of amides is 1. The summed E-state index contributed by atoms with van der Waals surface area (Å²) in [6, 6.07) is 8.32. The fourth-order valence-electron chi connectivity index (χ4n) is 2.17. The van der Waals surface area contributed by atoms with E-state index in [-0.39, 0.29) is 42.5 Å². The summed E-state index contributed by atoms with van der Waals surface area (Å²) < 4.78 is 4.89. The van der Waals surface area contributed by atoms with Crippen molar-refractivity contribution in [1.29, 1.82) is 0 Å². The number of aliphatic imine (C=N–C) groups is 1. The van der Waals surface area contributed by atoms with Crippen LogP contribution in [-0.2, 0) is 9.53 Å². The number of carbonyl (C=O) groups excluding carboxylic acids is 1. The molecule has 1 amide bonds. The lowest BCUT2D eigenvalue weighted by atomic mass is 10.0. The summed E-state index contributed by atoms with van der Waals surface area (Å²) >= 11 is 0. The minimum absolute atomic E-state index is 0. The second kappa shape index (κ2) is 13.0. The van der Waals surface area contributed by atoms with Crippen LogP contribution in [0.1, 0.15) is 31.0 Å². The number of carbonyl (C=O) groups is 1. The zero-order valence-electron chi connectivity index (χ0n) is 14.9. The molecule has 1 aromatic carbocycles. The molecular formula is C17H29IN4O2. The van der Waals surface area contributed by atoms with E-state index in [9.17, 15) is 4.79 Å². The van der Waals surface area contributed by atoms with Gasteiger partial charge in [0.05, 0.1) is 12.6 Å². The van der Waals surface area contributed by atoms with E-state index in [2.05, 4.69) is 46.9 Å². The van der Waals surface area contributed by atoms with Crippen molar-refractivity contribution in [3.05, 3.63) is 35.4 Å². The van der Waals surface area contributed by atoms with Crippen molar-refractivity contribution in [3.63, 3.8) is 0 Å². The van der Waals surface area contributed by atoms with Crippen LogP contribution < -0.4 is 16.0 Å². The average Bonchev–Trinajstić information content (AvgIpc) is 2.53. The second-order valence-electron chi connectivity index (χ2n) is 5.26. The van der Waals surface area contributed by atoms with E-state index in [1.165, 1.54) is 11.1 Å². The number of nitrogens with zero attached hydrogens (tertiary/aromatic N) is 1. The number of benzene rings is 1. The fraction of sp³-hybridized carbons (Fsp3) is 0.529. The van der Waals surface area contributed by atoms with Crippen LogP contribution in [0.3, 0.4) is 0 Å². The van der Waals surface area contributed by atoms with E-state index in [1.54, 1.807) is 7.11 Å². The number of rotatable bonds is 8. The summed E-state index contributed by atoms with van der Waals surface area (Å²) in [4.78, 5) is 16.0. The normalized spacial score (nSPS) is 12.1. The molecule has 3 N–H and O–H groups in total. The van der Waals surface area contributed by atoms with Crippen molar-refractivity contribution in [2.75, 3.05) is 33.4 Å². The number of guanidine groups is 1. The Balaban J connectivity index is 0.00000529. The van der Waals surface area contributed by atoms with Gasteiger partial charge in [0.1, 0.15) is 6.54 Å². The molecule has 0 aliphatic heterocycles. The summed E-state index contributed by atoms with van der Waals surface area (Å²) in [7, 11) is 1.60. The van der Waals surface area contributed by atoms with Crippen molar-refractivity contribution in [3.8, 4) is 0 Å². The van der Waals surface area contributed by atoms with Crippen LogP contribution in [0.5, 0.6) is 0 Å². The third-order valence-corrected chi connectivity index (χ3v) is 3.36. The monoisotopic (exact) mass is 448 g/mol. The van der Waals surface area contributed by atoms with Gasteiger partial charge in [0.2, 0.25) is 5.91 Å². The smallest absolute Gasteiger partial charge is 0.241 e. The highest BCUT2D eigenvalue weighted by Crippen LogP contribution is 2.16. The maximum atomic E-state index is 11.7. The van der Waals surface area contributed by atoms with Gasteiger partial charge >= 0.3 is 0 Å². The molecule has 1 aromatic rings. The Kier molecular flexibility index (Phi) is 12.3. The lowest BCUT2D eigenvalue weighted by Crippen LogP contribution is -2.40. The van der Waals surface area contributed by atoms with Gasteiger partial charge < -0.3 is 20.7 Å². The standard InChI is InChI=1S/C17H28N4O2.HI/c1-5-18-17(20-12-16(22)19-10-11-23-4)21-14(3)15-9-7-6-8-13(15)2;/h6-9,14H,5,10-12H2,1-4H3,(H,19,22)(H2,18,20,21);1H. The SMILES string of the molecule is CCNC(=NCC(=O)NCCOC)NC(C)c1ccccc1C.I. The number of hydrogen-bond acceptors (Lipinski definition) is 3. The maximum Gasteiger partial charge on any atom is 0.241 e. The van der Waals surface area contributed by atoms with E-state index < -0.39 is 0 Å². The van der Waals surface area contributed by atoms with Crippen LogP contribution in [0.4, 0.5) is 0 Å². The van der Waals surface area contributed by atoms with Crippen molar-refractivity contribution < 1.29 is 9.53 Å². The highest BCUT2D eigenvalue weighted by molar-refractivity contribution is 14.0. The van der Waals surface area contributed by atoms with Crippen molar-refractivity contribution in [2.24, 2.45) is 4.99 Å². The Hall–Kier alpha value is -1.35. The Bertz CT molecular complexity index is 523. The van der Waals surface area contributed by atoms with E-state index in [0.29, 0.717) is 19.1 Å². The van der Waals surface area contributed by atoms with E-state index in [0.717, 1.165) is 6.54 Å². The molecule has 1 unspecified atom stereocenters. The first kappa shape index (κ1) is 22.6. The molecule has 1 atom stereocenters. The third-order valence-electron chi connectivity index (χ3n) is 3.36. The number of ether oxygens (including phenoxy) is 1. The van der Waals surface area contributed by atoms with Crippen molar-refractivity contribution in [1.82, 2.24) is 16.0 Å². The summed E-state index contributed by atoms with van der Waals surface area (Å²) in [6.45, 7) is 7.96. The number of methoxy groups -OCH3 is 1. The Labute approximate surface area is 161 Å². The van der Waals surface area contributed by atoms with E-state index in [1.807, 2.05) is 19.1 Å². The highest BCUT2D eigenvalue weighted by Gasteiger charge is 2.10. The predicted molar refractivity (Wildman–Crippen MR) is 109 cm³/mol. The first-order valence-electron chi connectivity index (χ1n) is 7.94. The largest absolute Gasteiger partial charge is 0.383 e. The van der Waals surface area contributed by atoms with Gasteiger partial charge in [-0.3, -0.25) is 4.79 Å². The molecule has 0 fully saturated rings. The molecule has 0 saturated carbocycles. The topological polar surface area (TPSA) is 74.8 Å². The predicted octanol–water partition coefficient (Wildman–Crippen LogP) is 1.99. The molecule has 0 bridgehead atoms. The number of halogens is 1. The van der Waals surface area contributed by atoms with Crippen LogP contribution >= 0.6 is 24.0 Å². The van der Waals surface area contributed by atoms with Crippen LogP contribution in [0.15, 0.2) is 29.3 Å². The van der Waals surface area contributed by atoms with Crippen molar-refractivity contribution >= 4 is 35.8 Å². The van der Waals surface area contributed by atoms with Gasteiger partial charge in [0.15, 0.2) is 5.96 Å². The van der Waals surface area contributed by atoms with Crippen LogP contribution in [0.25, 0.3) is 0 Å². The lowest BCUT2D eigenvalue weighted by molar-refractivity contribution is -0.119. The molecule has 0 spiro atoms. The summed E-state index contributed by atoms with van der Waals surface area (Å²) in [6.07, 6.45) is 0. The molecule has 24 heavy (non-hydrogen) atoms. The molecule has 7 heteroatoms. The molecule has 136 valence electrons. The first-order valence-corrected chi connectivity index (χ1v) is 7.94. The lowest BCUT2D eigenvalue weighted by Gasteiger charge is -2.19. The van der Waals surface area contributed by atoms with Crippen LogP contribution in [0, 0.1) is 6.92 Å². The second-order valence-corrected chi connectivity index (χ2v) is 5.26. The fourth-order valence-corrected chi connectivity index (χ4v) is 2.17. The Morgan fingerprint density at radius 2 is 2.00 bits per heavy atom. The zero-order valence-corrected chi connectivity index (χ0v) is 17.2. The average molecular weight is 448 g/mol. The first-order chi connectivity index (χ1) is 11.1. The van der Waals surface area contributed by atoms with E-state index >= 15 is 0 Å². The number of nitrogens with one attached hydrogen (secondary N) is 3. The molecule has 0 heterocycles. The van der Waals surface area contributed by atoms with Crippen molar-refractivity contribution in [2.45, 2.75) is 26.8 Å². The van der Waals surface area contributed by atoms with Crippen LogP contribution in [-0.4, -0.2) is 45.2 Å². The number of hydrogen-bond donors (Lipinski definition) is 3.